The zero-order valence-electron chi connectivity index (χ0n) is 11.9. The van der Waals surface area contributed by atoms with Crippen LogP contribution in [0, 0.1) is 5.41 Å². The fourth-order valence-corrected chi connectivity index (χ4v) is 2.76. The SMILES string of the molecule is CC(C)(C)CC(=O)N1CCCCc2cc(Br)cnc21. The molecule has 0 fully saturated rings. The maximum absolute atomic E-state index is 12.5. The fraction of sp³-hybridized carbons (Fsp3) is 0.600. The van der Waals surface area contributed by atoms with Crippen molar-refractivity contribution in [2.75, 3.05) is 11.4 Å². The number of rotatable bonds is 1. The number of carbonyl (C=O) groups is 1. The van der Waals surface area contributed by atoms with Crippen LogP contribution in [0.2, 0.25) is 0 Å². The molecule has 1 aromatic heterocycles. The van der Waals surface area contributed by atoms with Crippen molar-refractivity contribution < 1.29 is 4.79 Å². The molecule has 3 nitrogen and oxygen atoms in total. The van der Waals surface area contributed by atoms with Crippen molar-refractivity contribution in [2.24, 2.45) is 5.41 Å². The van der Waals surface area contributed by atoms with Crippen molar-refractivity contribution in [3.05, 3.63) is 22.3 Å². The molecule has 2 heterocycles. The lowest BCUT2D eigenvalue weighted by Gasteiger charge is -2.26. The van der Waals surface area contributed by atoms with E-state index in [1.807, 2.05) is 4.90 Å². The molecular weight excluding hydrogens is 304 g/mol. The van der Waals surface area contributed by atoms with Crippen LogP contribution in [0.4, 0.5) is 5.82 Å². The molecule has 1 aliphatic rings. The molecule has 0 aromatic carbocycles. The first-order valence-electron chi connectivity index (χ1n) is 6.82. The topological polar surface area (TPSA) is 33.2 Å². The molecule has 104 valence electrons. The number of hydrogen-bond donors (Lipinski definition) is 0. The van der Waals surface area contributed by atoms with Crippen molar-refractivity contribution in [1.82, 2.24) is 4.98 Å². The van der Waals surface area contributed by atoms with Crippen LogP contribution in [-0.2, 0) is 11.2 Å². The molecular formula is C15H21BrN2O. The van der Waals surface area contributed by atoms with Gasteiger partial charge in [0.25, 0.3) is 0 Å². The van der Waals surface area contributed by atoms with Crippen LogP contribution in [-0.4, -0.2) is 17.4 Å². The van der Waals surface area contributed by atoms with E-state index in [9.17, 15) is 4.79 Å². The van der Waals surface area contributed by atoms with Gasteiger partial charge in [-0.3, -0.25) is 9.69 Å². The fourth-order valence-electron chi connectivity index (χ4n) is 2.38. The molecule has 0 saturated heterocycles. The summed E-state index contributed by atoms with van der Waals surface area (Å²) in [6, 6.07) is 2.09. The van der Waals surface area contributed by atoms with Gasteiger partial charge >= 0.3 is 0 Å². The highest BCUT2D eigenvalue weighted by atomic mass is 79.9. The van der Waals surface area contributed by atoms with Crippen LogP contribution in [0.15, 0.2) is 16.7 Å². The van der Waals surface area contributed by atoms with Gasteiger partial charge in [0.15, 0.2) is 0 Å². The summed E-state index contributed by atoms with van der Waals surface area (Å²) in [4.78, 5) is 18.8. The summed E-state index contributed by atoms with van der Waals surface area (Å²) in [7, 11) is 0. The van der Waals surface area contributed by atoms with E-state index in [4.69, 9.17) is 0 Å². The number of nitrogens with zero attached hydrogens (tertiary/aromatic N) is 2. The Morgan fingerprint density at radius 2 is 2.16 bits per heavy atom. The second kappa shape index (κ2) is 5.61. The van der Waals surface area contributed by atoms with E-state index in [0.717, 1.165) is 36.1 Å². The lowest BCUT2D eigenvalue weighted by Crippen LogP contribution is -2.35. The van der Waals surface area contributed by atoms with Crippen molar-refractivity contribution in [2.45, 2.75) is 46.5 Å². The third kappa shape index (κ3) is 3.78. The Bertz CT molecular complexity index is 480. The van der Waals surface area contributed by atoms with Gasteiger partial charge in [-0.1, -0.05) is 20.8 Å². The van der Waals surface area contributed by atoms with Crippen molar-refractivity contribution >= 4 is 27.7 Å². The quantitative estimate of drug-likeness (QED) is 0.783. The second-order valence-electron chi connectivity index (χ2n) is 6.38. The molecule has 0 N–H and O–H groups in total. The number of hydrogen-bond acceptors (Lipinski definition) is 2. The molecule has 0 atom stereocenters. The van der Waals surface area contributed by atoms with Gasteiger partial charge in [-0.2, -0.15) is 0 Å². The second-order valence-corrected chi connectivity index (χ2v) is 7.29. The third-order valence-electron chi connectivity index (χ3n) is 3.23. The number of carbonyl (C=O) groups excluding carboxylic acids is 1. The Balaban J connectivity index is 2.29. The standard InChI is InChI=1S/C15H21BrN2O/c1-15(2,3)9-13(19)18-7-5-4-6-11-8-12(16)10-17-14(11)18/h8,10H,4-7,9H2,1-3H3. The van der Waals surface area contributed by atoms with E-state index in [0.29, 0.717) is 6.42 Å². The normalized spacial score (nSPS) is 15.9. The van der Waals surface area contributed by atoms with Crippen molar-refractivity contribution in [1.29, 1.82) is 0 Å². The zero-order chi connectivity index (χ0) is 14.0. The van der Waals surface area contributed by atoms with Gasteiger partial charge < -0.3 is 0 Å². The molecule has 4 heteroatoms. The van der Waals surface area contributed by atoms with Gasteiger partial charge in [0.05, 0.1) is 0 Å². The first-order valence-corrected chi connectivity index (χ1v) is 7.61. The summed E-state index contributed by atoms with van der Waals surface area (Å²) < 4.78 is 0.983. The first kappa shape index (κ1) is 14.5. The molecule has 0 saturated carbocycles. The Morgan fingerprint density at radius 3 is 2.84 bits per heavy atom. The van der Waals surface area contributed by atoms with Gasteiger partial charge in [0.1, 0.15) is 5.82 Å². The summed E-state index contributed by atoms with van der Waals surface area (Å²) >= 11 is 3.46. The number of aryl methyl sites for hydroxylation is 1. The summed E-state index contributed by atoms with van der Waals surface area (Å²) in [5.74, 6) is 1.04. The minimum atomic E-state index is 0.0128. The van der Waals surface area contributed by atoms with E-state index >= 15 is 0 Å². The average molecular weight is 325 g/mol. The molecule has 1 aliphatic heterocycles. The van der Waals surface area contributed by atoms with Gasteiger partial charge in [-0.25, -0.2) is 4.98 Å². The number of aromatic nitrogens is 1. The molecule has 1 aromatic rings. The Morgan fingerprint density at radius 1 is 1.42 bits per heavy atom. The summed E-state index contributed by atoms with van der Waals surface area (Å²) in [5, 5.41) is 0. The minimum Gasteiger partial charge on any atom is -0.297 e. The molecule has 0 aliphatic carbocycles. The molecule has 0 unspecified atom stereocenters. The predicted octanol–water partition coefficient (Wildman–Crippen LogP) is 3.95. The van der Waals surface area contributed by atoms with Gasteiger partial charge in [-0.05, 0) is 52.2 Å². The average Bonchev–Trinajstić information content (AvgIpc) is 2.48. The Kier molecular flexibility index (Phi) is 4.29. The van der Waals surface area contributed by atoms with E-state index in [1.165, 1.54) is 5.56 Å². The smallest absolute Gasteiger partial charge is 0.228 e. The minimum absolute atomic E-state index is 0.0128. The van der Waals surface area contributed by atoms with Crippen LogP contribution in [0.5, 0.6) is 0 Å². The number of amides is 1. The Labute approximate surface area is 123 Å². The van der Waals surface area contributed by atoms with Crippen molar-refractivity contribution in [3.8, 4) is 0 Å². The molecule has 1 amide bonds. The van der Waals surface area contributed by atoms with E-state index in [-0.39, 0.29) is 11.3 Å². The number of anilines is 1. The van der Waals surface area contributed by atoms with E-state index < -0.39 is 0 Å². The molecule has 19 heavy (non-hydrogen) atoms. The lowest BCUT2D eigenvalue weighted by molar-refractivity contribution is -0.120. The van der Waals surface area contributed by atoms with Gasteiger partial charge in [-0.15, -0.1) is 0 Å². The molecule has 2 rings (SSSR count). The van der Waals surface area contributed by atoms with Crippen LogP contribution in [0.25, 0.3) is 0 Å². The van der Waals surface area contributed by atoms with Crippen LogP contribution < -0.4 is 4.90 Å². The monoisotopic (exact) mass is 324 g/mol. The maximum Gasteiger partial charge on any atom is 0.228 e. The van der Waals surface area contributed by atoms with Gasteiger partial charge in [0, 0.05) is 23.6 Å². The zero-order valence-corrected chi connectivity index (χ0v) is 13.5. The van der Waals surface area contributed by atoms with Crippen molar-refractivity contribution in [3.63, 3.8) is 0 Å². The number of fused-ring (bicyclic) bond motifs is 1. The number of pyridine rings is 1. The van der Waals surface area contributed by atoms with Crippen LogP contribution in [0.3, 0.4) is 0 Å². The molecule has 0 spiro atoms. The molecule has 0 bridgehead atoms. The highest BCUT2D eigenvalue weighted by molar-refractivity contribution is 9.10. The van der Waals surface area contributed by atoms with E-state index in [2.05, 4.69) is 47.8 Å². The summed E-state index contributed by atoms with van der Waals surface area (Å²) in [6.45, 7) is 7.08. The largest absolute Gasteiger partial charge is 0.297 e. The van der Waals surface area contributed by atoms with Crippen LogP contribution in [0.1, 0.15) is 45.6 Å². The third-order valence-corrected chi connectivity index (χ3v) is 3.66. The van der Waals surface area contributed by atoms with E-state index in [1.54, 1.807) is 6.20 Å². The highest BCUT2D eigenvalue weighted by Crippen LogP contribution is 2.29. The maximum atomic E-state index is 12.5. The highest BCUT2D eigenvalue weighted by Gasteiger charge is 2.26. The summed E-state index contributed by atoms with van der Waals surface area (Å²) in [6.07, 6.45) is 5.50. The Hall–Kier alpha value is -0.900. The predicted molar refractivity (Wildman–Crippen MR) is 81.3 cm³/mol. The first-order chi connectivity index (χ1) is 8.87. The lowest BCUT2D eigenvalue weighted by atomic mass is 9.91. The molecule has 0 radical (unpaired) electrons. The van der Waals surface area contributed by atoms with Crippen LogP contribution >= 0.6 is 15.9 Å². The number of halogens is 1. The van der Waals surface area contributed by atoms with Gasteiger partial charge in [0.2, 0.25) is 5.91 Å². The summed E-state index contributed by atoms with van der Waals surface area (Å²) in [5.41, 5.74) is 1.19.